The van der Waals surface area contributed by atoms with Gasteiger partial charge >= 0.3 is 0 Å². The molecule has 0 heterocycles. The number of rotatable bonds is 4. The summed E-state index contributed by atoms with van der Waals surface area (Å²) in [6.45, 7) is 8.46. The molecule has 0 aromatic heterocycles. The molecule has 0 aliphatic carbocycles. The number of hydrogen-bond acceptors (Lipinski definition) is 2. The lowest BCUT2D eigenvalue weighted by Crippen LogP contribution is -2.22. The Morgan fingerprint density at radius 3 is 2.24 bits per heavy atom. The van der Waals surface area contributed by atoms with Crippen LogP contribution in [0.1, 0.15) is 22.3 Å². The molecule has 0 atom stereocenters. The largest absolute Gasteiger partial charge is 0.376 e. The molecule has 0 saturated heterocycles. The van der Waals surface area contributed by atoms with Gasteiger partial charge in [0.2, 0.25) is 5.91 Å². The molecule has 0 saturated carbocycles. The van der Waals surface area contributed by atoms with E-state index in [1.807, 2.05) is 31.2 Å². The van der Waals surface area contributed by atoms with Crippen LogP contribution in [-0.2, 0) is 4.79 Å². The second-order valence-electron chi connectivity index (χ2n) is 5.54. The van der Waals surface area contributed by atoms with Gasteiger partial charge in [0, 0.05) is 11.4 Å². The third kappa shape index (κ3) is 4.09. The van der Waals surface area contributed by atoms with Crippen LogP contribution in [0.5, 0.6) is 0 Å². The first kappa shape index (κ1) is 15.1. The van der Waals surface area contributed by atoms with E-state index in [-0.39, 0.29) is 12.5 Å². The fraction of sp³-hybridized carbons (Fsp3) is 0.278. The molecule has 0 unspecified atom stereocenters. The monoisotopic (exact) mass is 282 g/mol. The Hall–Kier alpha value is -2.29. The van der Waals surface area contributed by atoms with Gasteiger partial charge in [-0.25, -0.2) is 0 Å². The van der Waals surface area contributed by atoms with Gasteiger partial charge in [0.15, 0.2) is 0 Å². The van der Waals surface area contributed by atoms with Crippen molar-refractivity contribution in [1.29, 1.82) is 0 Å². The Morgan fingerprint density at radius 2 is 1.62 bits per heavy atom. The van der Waals surface area contributed by atoms with Crippen molar-refractivity contribution in [2.45, 2.75) is 27.7 Å². The van der Waals surface area contributed by atoms with Crippen LogP contribution in [0.15, 0.2) is 36.4 Å². The van der Waals surface area contributed by atoms with Gasteiger partial charge in [-0.15, -0.1) is 0 Å². The van der Waals surface area contributed by atoms with E-state index in [4.69, 9.17) is 0 Å². The van der Waals surface area contributed by atoms with Gasteiger partial charge in [-0.1, -0.05) is 29.8 Å². The number of aryl methyl sites for hydroxylation is 4. The Labute approximate surface area is 126 Å². The molecule has 110 valence electrons. The maximum Gasteiger partial charge on any atom is 0.243 e. The predicted molar refractivity (Wildman–Crippen MR) is 89.0 cm³/mol. The number of carbonyl (C=O) groups excluding carboxylic acids is 1. The lowest BCUT2D eigenvalue weighted by Gasteiger charge is -2.14. The Morgan fingerprint density at radius 1 is 0.952 bits per heavy atom. The van der Waals surface area contributed by atoms with Crippen LogP contribution in [-0.4, -0.2) is 12.5 Å². The zero-order valence-electron chi connectivity index (χ0n) is 13.1. The molecule has 0 radical (unpaired) electrons. The highest BCUT2D eigenvalue weighted by Gasteiger charge is 2.06. The Balaban J connectivity index is 1.99. The second-order valence-corrected chi connectivity index (χ2v) is 5.54. The molecule has 0 aliphatic heterocycles. The highest BCUT2D eigenvalue weighted by molar-refractivity contribution is 5.94. The number of carbonyl (C=O) groups is 1. The minimum Gasteiger partial charge on any atom is -0.376 e. The first-order valence-electron chi connectivity index (χ1n) is 7.14. The zero-order valence-corrected chi connectivity index (χ0v) is 13.1. The number of anilines is 2. The van der Waals surface area contributed by atoms with E-state index < -0.39 is 0 Å². The van der Waals surface area contributed by atoms with Gasteiger partial charge in [-0.3, -0.25) is 4.79 Å². The number of amides is 1. The molecule has 2 rings (SSSR count). The van der Waals surface area contributed by atoms with E-state index in [0.717, 1.165) is 28.1 Å². The Kier molecular flexibility index (Phi) is 4.63. The van der Waals surface area contributed by atoms with Crippen molar-refractivity contribution in [2.75, 3.05) is 17.2 Å². The second kappa shape index (κ2) is 6.44. The van der Waals surface area contributed by atoms with Crippen molar-refractivity contribution in [3.63, 3.8) is 0 Å². The van der Waals surface area contributed by atoms with Gasteiger partial charge in [0.05, 0.1) is 6.54 Å². The van der Waals surface area contributed by atoms with Crippen molar-refractivity contribution >= 4 is 17.3 Å². The van der Waals surface area contributed by atoms with E-state index in [1.165, 1.54) is 5.56 Å². The SMILES string of the molecule is Cc1cccc(NC(=O)CNc2c(C)cc(C)cc2C)c1. The maximum atomic E-state index is 12.0. The number of benzene rings is 2. The zero-order chi connectivity index (χ0) is 15.4. The summed E-state index contributed by atoms with van der Waals surface area (Å²) in [7, 11) is 0. The molecule has 0 aliphatic rings. The summed E-state index contributed by atoms with van der Waals surface area (Å²) >= 11 is 0. The fourth-order valence-electron chi connectivity index (χ4n) is 2.56. The fourth-order valence-corrected chi connectivity index (χ4v) is 2.56. The van der Waals surface area contributed by atoms with Crippen molar-refractivity contribution in [3.8, 4) is 0 Å². The standard InChI is InChI=1S/C18H22N2O/c1-12-6-5-7-16(10-12)20-17(21)11-19-18-14(3)8-13(2)9-15(18)4/h5-10,19H,11H2,1-4H3,(H,20,21). The first-order chi connectivity index (χ1) is 9.95. The van der Waals surface area contributed by atoms with E-state index in [0.29, 0.717) is 0 Å². The van der Waals surface area contributed by atoms with Crippen LogP contribution >= 0.6 is 0 Å². The third-order valence-electron chi connectivity index (χ3n) is 3.40. The van der Waals surface area contributed by atoms with Crippen LogP contribution in [0, 0.1) is 27.7 Å². The van der Waals surface area contributed by atoms with Crippen molar-refractivity contribution in [2.24, 2.45) is 0 Å². The molecule has 0 fully saturated rings. The quantitative estimate of drug-likeness (QED) is 0.891. The van der Waals surface area contributed by atoms with Crippen LogP contribution in [0.4, 0.5) is 11.4 Å². The molecule has 1 amide bonds. The van der Waals surface area contributed by atoms with E-state index >= 15 is 0 Å². The van der Waals surface area contributed by atoms with Crippen molar-refractivity contribution in [1.82, 2.24) is 0 Å². The number of hydrogen-bond donors (Lipinski definition) is 2. The molecule has 2 N–H and O–H groups in total. The molecule has 0 bridgehead atoms. The molecule has 0 spiro atoms. The normalized spacial score (nSPS) is 10.3. The summed E-state index contributed by atoms with van der Waals surface area (Å²) in [5.74, 6) is -0.0417. The molecular formula is C18H22N2O. The summed E-state index contributed by atoms with van der Waals surface area (Å²) in [4.78, 5) is 12.0. The molecule has 21 heavy (non-hydrogen) atoms. The Bertz CT molecular complexity index is 639. The minimum atomic E-state index is -0.0417. The van der Waals surface area contributed by atoms with Gasteiger partial charge in [0.25, 0.3) is 0 Å². The van der Waals surface area contributed by atoms with Gasteiger partial charge in [0.1, 0.15) is 0 Å². The smallest absolute Gasteiger partial charge is 0.243 e. The number of nitrogens with one attached hydrogen (secondary N) is 2. The van der Waals surface area contributed by atoms with Gasteiger partial charge in [-0.2, -0.15) is 0 Å². The van der Waals surface area contributed by atoms with Crippen LogP contribution in [0.2, 0.25) is 0 Å². The molecule has 3 nitrogen and oxygen atoms in total. The van der Waals surface area contributed by atoms with E-state index in [1.54, 1.807) is 0 Å². The molecule has 2 aromatic carbocycles. The van der Waals surface area contributed by atoms with Crippen LogP contribution in [0.25, 0.3) is 0 Å². The summed E-state index contributed by atoms with van der Waals surface area (Å²) < 4.78 is 0. The topological polar surface area (TPSA) is 41.1 Å². The summed E-state index contributed by atoms with van der Waals surface area (Å²) in [6, 6.07) is 12.0. The minimum absolute atomic E-state index is 0.0417. The maximum absolute atomic E-state index is 12.0. The predicted octanol–water partition coefficient (Wildman–Crippen LogP) is 3.97. The molecular weight excluding hydrogens is 260 g/mol. The average molecular weight is 282 g/mol. The van der Waals surface area contributed by atoms with Crippen molar-refractivity contribution in [3.05, 3.63) is 58.7 Å². The van der Waals surface area contributed by atoms with Crippen LogP contribution < -0.4 is 10.6 Å². The highest BCUT2D eigenvalue weighted by atomic mass is 16.1. The lowest BCUT2D eigenvalue weighted by molar-refractivity contribution is -0.114. The first-order valence-corrected chi connectivity index (χ1v) is 7.14. The van der Waals surface area contributed by atoms with E-state index in [9.17, 15) is 4.79 Å². The molecule has 2 aromatic rings. The highest BCUT2D eigenvalue weighted by Crippen LogP contribution is 2.21. The summed E-state index contributed by atoms with van der Waals surface area (Å²) in [5, 5.41) is 6.13. The van der Waals surface area contributed by atoms with Gasteiger partial charge in [-0.05, 0) is 56.5 Å². The van der Waals surface area contributed by atoms with Crippen molar-refractivity contribution < 1.29 is 4.79 Å². The molecule has 3 heteroatoms. The van der Waals surface area contributed by atoms with Crippen LogP contribution in [0.3, 0.4) is 0 Å². The van der Waals surface area contributed by atoms with E-state index in [2.05, 4.69) is 43.5 Å². The average Bonchev–Trinajstić information content (AvgIpc) is 2.37. The van der Waals surface area contributed by atoms with Gasteiger partial charge < -0.3 is 10.6 Å². The lowest BCUT2D eigenvalue weighted by atomic mass is 10.1. The third-order valence-corrected chi connectivity index (χ3v) is 3.40. The summed E-state index contributed by atoms with van der Waals surface area (Å²) in [5.41, 5.74) is 6.57. The summed E-state index contributed by atoms with van der Waals surface area (Å²) in [6.07, 6.45) is 0.